The third-order valence-corrected chi connectivity index (χ3v) is 5.50. The Morgan fingerprint density at radius 3 is 2.25 bits per heavy atom. The smallest absolute Gasteiger partial charge is 0.341 e. The van der Waals surface area contributed by atoms with Crippen LogP contribution in [0.3, 0.4) is 0 Å². The number of rotatable bonds is 4. The molecule has 1 aliphatic carbocycles. The summed E-state index contributed by atoms with van der Waals surface area (Å²) in [5, 5.41) is 3.24. The van der Waals surface area contributed by atoms with E-state index in [-0.39, 0.29) is 22.4 Å². The van der Waals surface area contributed by atoms with Crippen LogP contribution in [0.25, 0.3) is 0 Å². The van der Waals surface area contributed by atoms with Gasteiger partial charge in [-0.2, -0.15) is 8.78 Å². The van der Waals surface area contributed by atoms with Gasteiger partial charge < -0.3 is 11.1 Å². The van der Waals surface area contributed by atoms with Crippen LogP contribution in [-0.4, -0.2) is 26.3 Å². The van der Waals surface area contributed by atoms with Crippen molar-refractivity contribution in [2.24, 2.45) is 11.1 Å². The minimum atomic E-state index is -4.53. The van der Waals surface area contributed by atoms with Crippen LogP contribution in [-0.2, 0) is 9.84 Å². The summed E-state index contributed by atoms with van der Waals surface area (Å²) in [5.74, 6) is -3.40. The van der Waals surface area contributed by atoms with E-state index in [1.165, 1.54) is 24.3 Å². The molecule has 0 bridgehead atoms. The lowest BCUT2D eigenvalue weighted by atomic mass is 9.63. The van der Waals surface area contributed by atoms with Crippen LogP contribution in [0.4, 0.5) is 14.5 Å². The Morgan fingerprint density at radius 1 is 1.30 bits per heavy atom. The molecule has 3 N–H and O–H groups in total. The molecule has 1 aromatic rings. The highest BCUT2D eigenvalue weighted by atomic mass is 32.2. The molecule has 1 aromatic carbocycles. The SMILES string of the molecule is CC1(C)C(N)CC1Nc1ccc(S(=O)(=O)C(F)F)cc1. The molecule has 4 nitrogen and oxygen atoms in total. The minimum Gasteiger partial charge on any atom is -0.382 e. The average molecular weight is 304 g/mol. The molecule has 2 atom stereocenters. The van der Waals surface area contributed by atoms with E-state index in [9.17, 15) is 17.2 Å². The number of hydrogen-bond acceptors (Lipinski definition) is 4. The zero-order valence-corrected chi connectivity index (χ0v) is 12.1. The second-order valence-electron chi connectivity index (χ2n) is 5.69. The summed E-state index contributed by atoms with van der Waals surface area (Å²) in [4.78, 5) is -0.373. The quantitative estimate of drug-likeness (QED) is 0.894. The second kappa shape index (κ2) is 4.96. The number of benzene rings is 1. The predicted octanol–water partition coefficient (Wildman–Crippen LogP) is 2.22. The van der Waals surface area contributed by atoms with Gasteiger partial charge in [0, 0.05) is 23.2 Å². The first kappa shape index (κ1) is 15.2. The van der Waals surface area contributed by atoms with Gasteiger partial charge in [0.1, 0.15) is 0 Å². The number of alkyl halides is 2. The molecule has 2 rings (SSSR count). The molecule has 20 heavy (non-hydrogen) atoms. The van der Waals surface area contributed by atoms with E-state index in [2.05, 4.69) is 19.2 Å². The van der Waals surface area contributed by atoms with Crippen LogP contribution in [0.1, 0.15) is 20.3 Å². The summed E-state index contributed by atoms with van der Waals surface area (Å²) in [5.41, 5.74) is 6.56. The fourth-order valence-electron chi connectivity index (χ4n) is 2.25. The van der Waals surface area contributed by atoms with Crippen molar-refractivity contribution >= 4 is 15.5 Å². The molecule has 2 unspecified atom stereocenters. The monoisotopic (exact) mass is 304 g/mol. The van der Waals surface area contributed by atoms with Crippen molar-refractivity contribution in [3.63, 3.8) is 0 Å². The predicted molar refractivity (Wildman–Crippen MR) is 73.4 cm³/mol. The van der Waals surface area contributed by atoms with Gasteiger partial charge in [0.15, 0.2) is 0 Å². The van der Waals surface area contributed by atoms with Crippen LogP contribution >= 0.6 is 0 Å². The maximum absolute atomic E-state index is 12.4. The van der Waals surface area contributed by atoms with Crippen molar-refractivity contribution < 1.29 is 17.2 Å². The Bertz CT molecular complexity index is 585. The molecule has 1 aliphatic rings. The first-order valence-corrected chi connectivity index (χ1v) is 7.84. The van der Waals surface area contributed by atoms with Crippen molar-refractivity contribution in [1.82, 2.24) is 0 Å². The van der Waals surface area contributed by atoms with Gasteiger partial charge in [-0.1, -0.05) is 13.8 Å². The molecule has 7 heteroatoms. The first-order chi connectivity index (χ1) is 9.15. The lowest BCUT2D eigenvalue weighted by Crippen LogP contribution is -2.61. The van der Waals surface area contributed by atoms with Gasteiger partial charge in [-0.15, -0.1) is 0 Å². The van der Waals surface area contributed by atoms with Crippen LogP contribution in [0, 0.1) is 5.41 Å². The summed E-state index contributed by atoms with van der Waals surface area (Å²) in [7, 11) is -4.53. The number of nitrogens with one attached hydrogen (secondary N) is 1. The Labute approximate surface area is 117 Å². The summed E-state index contributed by atoms with van der Waals surface area (Å²) < 4.78 is 47.4. The molecule has 1 fully saturated rings. The molecular weight excluding hydrogens is 286 g/mol. The van der Waals surface area contributed by atoms with Crippen molar-refractivity contribution in [1.29, 1.82) is 0 Å². The van der Waals surface area contributed by atoms with Crippen LogP contribution < -0.4 is 11.1 Å². The van der Waals surface area contributed by atoms with Gasteiger partial charge in [-0.3, -0.25) is 0 Å². The highest BCUT2D eigenvalue weighted by Gasteiger charge is 2.45. The Morgan fingerprint density at radius 2 is 1.85 bits per heavy atom. The fourth-order valence-corrected chi connectivity index (χ4v) is 2.97. The molecule has 0 radical (unpaired) electrons. The lowest BCUT2D eigenvalue weighted by Gasteiger charge is -2.51. The first-order valence-electron chi connectivity index (χ1n) is 6.30. The normalized spacial score (nSPS) is 25.3. The molecule has 0 saturated heterocycles. The van der Waals surface area contributed by atoms with E-state index in [0.29, 0.717) is 5.69 Å². The minimum absolute atomic E-state index is 0.0479. The highest BCUT2D eigenvalue weighted by molar-refractivity contribution is 7.91. The van der Waals surface area contributed by atoms with Gasteiger partial charge >= 0.3 is 5.76 Å². The van der Waals surface area contributed by atoms with Gasteiger partial charge in [-0.25, -0.2) is 8.42 Å². The van der Waals surface area contributed by atoms with Crippen molar-refractivity contribution in [3.05, 3.63) is 24.3 Å². The number of halogens is 2. The molecule has 0 amide bonds. The van der Waals surface area contributed by atoms with Crippen LogP contribution in [0.15, 0.2) is 29.2 Å². The lowest BCUT2D eigenvalue weighted by molar-refractivity contribution is 0.117. The Kier molecular flexibility index (Phi) is 3.77. The van der Waals surface area contributed by atoms with Gasteiger partial charge in [0.2, 0.25) is 9.84 Å². The topological polar surface area (TPSA) is 72.2 Å². The maximum Gasteiger partial charge on any atom is 0.341 e. The zero-order chi connectivity index (χ0) is 15.1. The number of hydrogen-bond donors (Lipinski definition) is 2. The number of sulfone groups is 1. The Hall–Kier alpha value is -1.21. The second-order valence-corrected chi connectivity index (χ2v) is 7.61. The van der Waals surface area contributed by atoms with Crippen LogP contribution in [0.2, 0.25) is 0 Å². The zero-order valence-electron chi connectivity index (χ0n) is 11.3. The highest BCUT2D eigenvalue weighted by Crippen LogP contribution is 2.41. The standard InChI is InChI=1S/C13H18F2N2O2S/c1-13(2)10(16)7-11(13)17-8-3-5-9(6-4-8)20(18,19)12(14)15/h3-6,10-12,17H,7,16H2,1-2H3. The average Bonchev–Trinajstić information content (AvgIpc) is 2.39. The molecule has 0 spiro atoms. The van der Waals surface area contributed by atoms with Gasteiger partial charge in [0.25, 0.3) is 0 Å². The summed E-state index contributed by atoms with van der Waals surface area (Å²) >= 11 is 0. The third-order valence-electron chi connectivity index (χ3n) is 4.10. The third kappa shape index (κ3) is 2.52. The van der Waals surface area contributed by atoms with E-state index in [1.807, 2.05) is 0 Å². The summed E-state index contributed by atoms with van der Waals surface area (Å²) in [6.45, 7) is 4.10. The fraction of sp³-hybridized carbons (Fsp3) is 0.538. The van der Waals surface area contributed by atoms with E-state index >= 15 is 0 Å². The summed E-state index contributed by atoms with van der Waals surface area (Å²) in [6, 6.07) is 5.68. The van der Waals surface area contributed by atoms with Crippen molar-refractivity contribution in [3.8, 4) is 0 Å². The van der Waals surface area contributed by atoms with E-state index in [4.69, 9.17) is 5.73 Å². The maximum atomic E-state index is 12.4. The molecule has 1 saturated carbocycles. The Balaban J connectivity index is 2.11. The molecule has 0 aliphatic heterocycles. The van der Waals surface area contributed by atoms with Crippen molar-refractivity contribution in [2.75, 3.05) is 5.32 Å². The van der Waals surface area contributed by atoms with Gasteiger partial charge in [0.05, 0.1) is 4.90 Å². The number of nitrogens with two attached hydrogens (primary N) is 1. The largest absolute Gasteiger partial charge is 0.382 e. The molecule has 112 valence electrons. The van der Waals surface area contributed by atoms with E-state index in [0.717, 1.165) is 6.42 Å². The van der Waals surface area contributed by atoms with Crippen LogP contribution in [0.5, 0.6) is 0 Å². The molecular formula is C13H18F2N2O2S. The summed E-state index contributed by atoms with van der Waals surface area (Å²) in [6.07, 6.45) is 0.823. The van der Waals surface area contributed by atoms with Gasteiger partial charge in [-0.05, 0) is 30.7 Å². The number of anilines is 1. The van der Waals surface area contributed by atoms with Crippen molar-refractivity contribution in [2.45, 2.75) is 43.0 Å². The van der Waals surface area contributed by atoms with E-state index in [1.54, 1.807) is 0 Å². The molecule has 0 aromatic heterocycles. The molecule has 0 heterocycles. The van der Waals surface area contributed by atoms with E-state index < -0.39 is 15.6 Å².